The van der Waals surface area contributed by atoms with Crippen LogP contribution < -0.4 is 5.32 Å². The smallest absolute Gasteiger partial charge is 0.261 e. The van der Waals surface area contributed by atoms with Gasteiger partial charge in [-0.3, -0.25) is 14.5 Å². The Labute approximate surface area is 119 Å². The summed E-state index contributed by atoms with van der Waals surface area (Å²) in [7, 11) is 1.53. The van der Waals surface area contributed by atoms with Crippen molar-refractivity contribution in [2.75, 3.05) is 12.4 Å². The Bertz CT molecular complexity index is 560. The maximum absolute atomic E-state index is 12.0. The summed E-state index contributed by atoms with van der Waals surface area (Å²) >= 11 is 0. The minimum Gasteiger partial charge on any atom is -0.382 e. The lowest BCUT2D eigenvalue weighted by molar-refractivity contribution is 0.0693. The van der Waals surface area contributed by atoms with Gasteiger partial charge in [-0.25, -0.2) is 0 Å². The molecule has 1 saturated carbocycles. The monoisotopic (exact) mass is 272 g/mol. The zero-order chi connectivity index (χ0) is 14.3. The van der Waals surface area contributed by atoms with Gasteiger partial charge in [-0.05, 0) is 49.8 Å². The molecule has 0 aromatic heterocycles. The average molecular weight is 272 g/mol. The van der Waals surface area contributed by atoms with Crippen molar-refractivity contribution in [3.8, 4) is 0 Å². The summed E-state index contributed by atoms with van der Waals surface area (Å²) < 4.78 is 0. The first-order chi connectivity index (χ1) is 9.56. The molecule has 20 heavy (non-hydrogen) atoms. The van der Waals surface area contributed by atoms with Crippen molar-refractivity contribution in [2.24, 2.45) is 5.92 Å². The quantitative estimate of drug-likeness (QED) is 0.842. The van der Waals surface area contributed by atoms with Crippen molar-refractivity contribution in [3.63, 3.8) is 0 Å². The summed E-state index contributed by atoms with van der Waals surface area (Å²) in [5.74, 6) is 0.412. The normalized spacial score (nSPS) is 25.8. The molecule has 0 spiro atoms. The Morgan fingerprint density at radius 3 is 2.40 bits per heavy atom. The van der Waals surface area contributed by atoms with Crippen molar-refractivity contribution >= 4 is 17.5 Å². The molecule has 1 aliphatic carbocycles. The number of nitrogens with zero attached hydrogens (tertiary/aromatic N) is 1. The average Bonchev–Trinajstić information content (AvgIpc) is 2.66. The number of hydrogen-bond donors (Lipinski definition) is 1. The van der Waals surface area contributed by atoms with Crippen LogP contribution in [0.4, 0.5) is 5.69 Å². The highest BCUT2D eigenvalue weighted by Gasteiger charge is 2.32. The lowest BCUT2D eigenvalue weighted by Crippen LogP contribution is -2.25. The first-order valence-electron chi connectivity index (χ1n) is 7.29. The van der Waals surface area contributed by atoms with Crippen molar-refractivity contribution in [2.45, 2.75) is 38.6 Å². The summed E-state index contributed by atoms with van der Waals surface area (Å²) in [5.41, 5.74) is 1.98. The first kappa shape index (κ1) is 13.2. The molecule has 1 heterocycles. The predicted molar refractivity (Wildman–Crippen MR) is 77.9 cm³/mol. The van der Waals surface area contributed by atoms with Crippen molar-refractivity contribution in [1.82, 2.24) is 4.90 Å². The highest BCUT2D eigenvalue weighted by molar-refractivity contribution is 6.21. The number of carbonyl (C=O) groups is 2. The van der Waals surface area contributed by atoms with E-state index in [1.54, 1.807) is 6.07 Å². The molecule has 1 aromatic carbocycles. The van der Waals surface area contributed by atoms with Gasteiger partial charge in [0, 0.05) is 18.8 Å². The number of imide groups is 1. The molecule has 0 saturated heterocycles. The molecule has 2 amide bonds. The predicted octanol–water partition coefficient (Wildman–Crippen LogP) is 2.90. The van der Waals surface area contributed by atoms with Crippen LogP contribution in [0.1, 0.15) is 53.3 Å². The highest BCUT2D eigenvalue weighted by Crippen LogP contribution is 2.28. The number of hydrogen-bond acceptors (Lipinski definition) is 3. The minimum atomic E-state index is -0.206. The van der Waals surface area contributed by atoms with Crippen LogP contribution in [0.5, 0.6) is 0 Å². The second-order valence-electron chi connectivity index (χ2n) is 6.03. The van der Waals surface area contributed by atoms with Gasteiger partial charge in [-0.1, -0.05) is 6.92 Å². The van der Waals surface area contributed by atoms with Gasteiger partial charge in [0.15, 0.2) is 0 Å². The summed E-state index contributed by atoms with van der Waals surface area (Å²) in [6.45, 7) is 2.30. The fraction of sp³-hybridized carbons (Fsp3) is 0.500. The Morgan fingerprint density at radius 1 is 1.05 bits per heavy atom. The van der Waals surface area contributed by atoms with Gasteiger partial charge in [0.25, 0.3) is 11.8 Å². The molecule has 1 N–H and O–H groups in total. The number of benzene rings is 1. The van der Waals surface area contributed by atoms with Gasteiger partial charge in [0.2, 0.25) is 0 Å². The molecule has 1 fully saturated rings. The van der Waals surface area contributed by atoms with E-state index in [0.717, 1.165) is 11.6 Å². The van der Waals surface area contributed by atoms with Crippen LogP contribution in [0, 0.1) is 5.92 Å². The van der Waals surface area contributed by atoms with Gasteiger partial charge in [-0.15, -0.1) is 0 Å². The summed E-state index contributed by atoms with van der Waals surface area (Å²) in [6.07, 6.45) is 4.85. The van der Waals surface area contributed by atoms with E-state index in [-0.39, 0.29) is 11.8 Å². The lowest BCUT2D eigenvalue weighted by atomic mass is 9.87. The Kier molecular flexibility index (Phi) is 3.24. The second-order valence-corrected chi connectivity index (χ2v) is 6.03. The SMILES string of the molecule is CC1CCC(Nc2ccc3c(c2)C(=O)N(C)C3=O)CC1. The second kappa shape index (κ2) is 4.93. The van der Waals surface area contributed by atoms with Crippen LogP contribution in [-0.4, -0.2) is 29.8 Å². The fourth-order valence-electron chi connectivity index (χ4n) is 3.09. The molecule has 106 valence electrons. The van der Waals surface area contributed by atoms with Crippen LogP contribution in [-0.2, 0) is 0 Å². The Balaban J connectivity index is 1.77. The minimum absolute atomic E-state index is 0.203. The Morgan fingerprint density at radius 2 is 1.70 bits per heavy atom. The topological polar surface area (TPSA) is 49.4 Å². The number of nitrogens with one attached hydrogen (secondary N) is 1. The van der Waals surface area contributed by atoms with E-state index in [1.165, 1.54) is 37.6 Å². The molecule has 0 bridgehead atoms. The van der Waals surface area contributed by atoms with Crippen molar-refractivity contribution < 1.29 is 9.59 Å². The maximum Gasteiger partial charge on any atom is 0.261 e. The van der Waals surface area contributed by atoms with E-state index in [4.69, 9.17) is 0 Å². The number of anilines is 1. The van der Waals surface area contributed by atoms with Crippen molar-refractivity contribution in [3.05, 3.63) is 29.3 Å². The van der Waals surface area contributed by atoms with E-state index in [2.05, 4.69) is 12.2 Å². The molecule has 4 heteroatoms. The number of amides is 2. The van der Waals surface area contributed by atoms with Crippen LogP contribution in [0.25, 0.3) is 0 Å². The van der Waals surface area contributed by atoms with E-state index in [0.29, 0.717) is 17.2 Å². The summed E-state index contributed by atoms with van der Waals surface area (Å²) in [6, 6.07) is 5.96. The molecular weight excluding hydrogens is 252 g/mol. The van der Waals surface area contributed by atoms with E-state index < -0.39 is 0 Å². The van der Waals surface area contributed by atoms with E-state index in [9.17, 15) is 9.59 Å². The van der Waals surface area contributed by atoms with Crippen molar-refractivity contribution in [1.29, 1.82) is 0 Å². The number of fused-ring (bicyclic) bond motifs is 1. The molecule has 0 radical (unpaired) electrons. The largest absolute Gasteiger partial charge is 0.382 e. The third-order valence-corrected chi connectivity index (χ3v) is 4.48. The van der Waals surface area contributed by atoms with Gasteiger partial charge in [0.1, 0.15) is 0 Å². The maximum atomic E-state index is 12.0. The molecule has 3 rings (SSSR count). The molecular formula is C16H20N2O2. The number of carbonyl (C=O) groups excluding carboxylic acids is 2. The van der Waals surface area contributed by atoms with Gasteiger partial charge >= 0.3 is 0 Å². The van der Waals surface area contributed by atoms with Crippen LogP contribution in [0.2, 0.25) is 0 Å². The first-order valence-corrected chi connectivity index (χ1v) is 7.29. The van der Waals surface area contributed by atoms with E-state index in [1.807, 2.05) is 12.1 Å². The summed E-state index contributed by atoms with van der Waals surface area (Å²) in [4.78, 5) is 25.0. The van der Waals surface area contributed by atoms with Gasteiger partial charge in [-0.2, -0.15) is 0 Å². The van der Waals surface area contributed by atoms with Gasteiger partial charge in [0.05, 0.1) is 11.1 Å². The van der Waals surface area contributed by atoms with Gasteiger partial charge < -0.3 is 5.32 Å². The van der Waals surface area contributed by atoms with E-state index >= 15 is 0 Å². The van der Waals surface area contributed by atoms with Crippen LogP contribution in [0.15, 0.2) is 18.2 Å². The zero-order valence-corrected chi connectivity index (χ0v) is 12.0. The molecule has 1 aromatic rings. The number of rotatable bonds is 2. The lowest BCUT2D eigenvalue weighted by Gasteiger charge is -2.27. The fourth-order valence-corrected chi connectivity index (χ4v) is 3.09. The third-order valence-electron chi connectivity index (χ3n) is 4.48. The van der Waals surface area contributed by atoms with Crippen LogP contribution in [0.3, 0.4) is 0 Å². The Hall–Kier alpha value is -1.84. The third kappa shape index (κ3) is 2.19. The summed E-state index contributed by atoms with van der Waals surface area (Å²) in [5, 5.41) is 3.50. The molecule has 1 aliphatic heterocycles. The molecule has 0 unspecified atom stereocenters. The standard InChI is InChI=1S/C16H20N2O2/c1-10-3-5-11(6-4-10)17-12-7-8-13-14(9-12)16(20)18(2)15(13)19/h7-11,17H,3-6H2,1-2H3. The highest BCUT2D eigenvalue weighted by atomic mass is 16.2. The molecule has 4 nitrogen and oxygen atoms in total. The molecule has 2 aliphatic rings. The zero-order valence-electron chi connectivity index (χ0n) is 12.0. The molecule has 0 atom stereocenters. The van der Waals surface area contributed by atoms with Crippen LogP contribution >= 0.6 is 0 Å².